The molecule has 1 aliphatic rings. The molecule has 0 aromatic heterocycles. The maximum absolute atomic E-state index is 6.03. The van der Waals surface area contributed by atoms with Crippen LogP contribution in [0.1, 0.15) is 39.5 Å². The number of alkyl halides is 1. The van der Waals surface area contributed by atoms with Crippen LogP contribution in [-0.2, 0) is 4.74 Å². The van der Waals surface area contributed by atoms with Crippen LogP contribution in [0.3, 0.4) is 0 Å². The quantitative estimate of drug-likeness (QED) is 0.624. The number of hydrogen-bond acceptors (Lipinski definition) is 1. The van der Waals surface area contributed by atoms with Gasteiger partial charge in [0.1, 0.15) is 0 Å². The molecule has 2 heteroatoms. The van der Waals surface area contributed by atoms with E-state index in [1.54, 1.807) is 0 Å². The molecule has 0 spiro atoms. The van der Waals surface area contributed by atoms with E-state index in [0.29, 0.717) is 5.41 Å². The molecule has 0 N–H and O–H groups in total. The Balaban J connectivity index is 2.38. The van der Waals surface area contributed by atoms with E-state index in [2.05, 4.69) is 13.8 Å². The Hall–Kier alpha value is 0.250. The van der Waals surface area contributed by atoms with Gasteiger partial charge >= 0.3 is 0 Å². The van der Waals surface area contributed by atoms with Crippen molar-refractivity contribution < 1.29 is 4.74 Å². The first-order valence-corrected chi connectivity index (χ1v) is 5.89. The summed E-state index contributed by atoms with van der Waals surface area (Å²) in [5.41, 5.74) is 0.302. The fraction of sp³-hybridized carbons (Fsp3) is 1.00. The molecule has 13 heavy (non-hydrogen) atoms. The summed E-state index contributed by atoms with van der Waals surface area (Å²) < 4.78 is 5.45. The average molecular weight is 205 g/mol. The van der Waals surface area contributed by atoms with Gasteiger partial charge < -0.3 is 4.74 Å². The van der Waals surface area contributed by atoms with Crippen LogP contribution in [0.4, 0.5) is 0 Å². The molecule has 1 nitrogen and oxygen atoms in total. The van der Waals surface area contributed by atoms with E-state index >= 15 is 0 Å². The highest BCUT2D eigenvalue weighted by molar-refractivity contribution is 6.18. The summed E-state index contributed by atoms with van der Waals surface area (Å²) >= 11 is 6.03. The van der Waals surface area contributed by atoms with Gasteiger partial charge in [-0.2, -0.15) is 0 Å². The van der Waals surface area contributed by atoms with Crippen LogP contribution in [-0.4, -0.2) is 19.1 Å². The van der Waals surface area contributed by atoms with Crippen molar-refractivity contribution in [2.45, 2.75) is 39.5 Å². The third-order valence-electron chi connectivity index (χ3n) is 3.03. The highest BCUT2D eigenvalue weighted by atomic mass is 35.5. The van der Waals surface area contributed by atoms with Crippen molar-refractivity contribution in [2.75, 3.05) is 19.1 Å². The van der Waals surface area contributed by atoms with Crippen molar-refractivity contribution in [2.24, 2.45) is 11.3 Å². The topological polar surface area (TPSA) is 9.23 Å². The minimum atomic E-state index is 0.302. The molecule has 0 aliphatic carbocycles. The van der Waals surface area contributed by atoms with Gasteiger partial charge in [0.2, 0.25) is 0 Å². The molecule has 0 aromatic carbocycles. The second-order valence-corrected chi connectivity index (χ2v) is 4.80. The molecule has 0 radical (unpaired) electrons. The summed E-state index contributed by atoms with van der Waals surface area (Å²) in [7, 11) is 0. The third kappa shape index (κ3) is 3.14. The highest BCUT2D eigenvalue weighted by Crippen LogP contribution is 2.37. The Morgan fingerprint density at radius 3 is 2.77 bits per heavy atom. The minimum Gasteiger partial charge on any atom is -0.381 e. The van der Waals surface area contributed by atoms with Crippen molar-refractivity contribution >= 4 is 11.6 Å². The third-order valence-corrected chi connectivity index (χ3v) is 3.60. The van der Waals surface area contributed by atoms with Gasteiger partial charge in [-0.05, 0) is 18.8 Å². The predicted molar refractivity (Wildman–Crippen MR) is 57.3 cm³/mol. The molecule has 1 aliphatic heterocycles. The van der Waals surface area contributed by atoms with E-state index in [9.17, 15) is 0 Å². The standard InChI is InChI=1S/C11H21ClO/c1-3-4-10(2)7-11(8-12)5-6-13-9-11/h10H,3-9H2,1-2H3. The zero-order valence-corrected chi connectivity index (χ0v) is 9.57. The molecular weight excluding hydrogens is 184 g/mol. The van der Waals surface area contributed by atoms with E-state index < -0.39 is 0 Å². The number of rotatable bonds is 5. The van der Waals surface area contributed by atoms with E-state index in [4.69, 9.17) is 16.3 Å². The minimum absolute atomic E-state index is 0.302. The molecule has 0 amide bonds. The molecule has 1 rings (SSSR count). The zero-order chi connectivity index (χ0) is 9.73. The maximum atomic E-state index is 6.03. The Morgan fingerprint density at radius 2 is 2.31 bits per heavy atom. The molecule has 1 fully saturated rings. The zero-order valence-electron chi connectivity index (χ0n) is 8.81. The largest absolute Gasteiger partial charge is 0.381 e. The fourth-order valence-corrected chi connectivity index (χ4v) is 2.62. The van der Waals surface area contributed by atoms with Crippen LogP contribution in [0.15, 0.2) is 0 Å². The van der Waals surface area contributed by atoms with E-state index in [0.717, 1.165) is 31.4 Å². The first-order valence-electron chi connectivity index (χ1n) is 5.36. The lowest BCUT2D eigenvalue weighted by Crippen LogP contribution is -2.25. The van der Waals surface area contributed by atoms with Crippen LogP contribution in [0, 0.1) is 11.3 Å². The van der Waals surface area contributed by atoms with Crippen molar-refractivity contribution in [3.8, 4) is 0 Å². The molecule has 1 heterocycles. The Kier molecular flexibility index (Phi) is 4.54. The van der Waals surface area contributed by atoms with Crippen molar-refractivity contribution in [1.29, 1.82) is 0 Å². The lowest BCUT2D eigenvalue weighted by atomic mass is 9.79. The Morgan fingerprint density at radius 1 is 1.54 bits per heavy atom. The number of hydrogen-bond donors (Lipinski definition) is 0. The van der Waals surface area contributed by atoms with Crippen molar-refractivity contribution in [1.82, 2.24) is 0 Å². The summed E-state index contributed by atoms with van der Waals surface area (Å²) in [6.07, 6.45) is 4.99. The molecule has 2 unspecified atom stereocenters. The van der Waals surface area contributed by atoms with Crippen LogP contribution >= 0.6 is 11.6 Å². The number of halogens is 1. The van der Waals surface area contributed by atoms with Gasteiger partial charge in [0, 0.05) is 17.9 Å². The summed E-state index contributed by atoms with van der Waals surface area (Å²) in [6.45, 7) is 6.36. The van der Waals surface area contributed by atoms with Crippen LogP contribution < -0.4 is 0 Å². The van der Waals surface area contributed by atoms with Gasteiger partial charge in [0.05, 0.1) is 6.61 Å². The van der Waals surface area contributed by atoms with Gasteiger partial charge in [0.25, 0.3) is 0 Å². The monoisotopic (exact) mass is 204 g/mol. The lowest BCUT2D eigenvalue weighted by Gasteiger charge is -2.27. The maximum Gasteiger partial charge on any atom is 0.0534 e. The van der Waals surface area contributed by atoms with E-state index in [-0.39, 0.29) is 0 Å². The molecule has 78 valence electrons. The highest BCUT2D eigenvalue weighted by Gasteiger charge is 2.35. The molecular formula is C11H21ClO. The SMILES string of the molecule is CCCC(C)CC1(CCl)CCOC1. The smallest absolute Gasteiger partial charge is 0.0534 e. The van der Waals surface area contributed by atoms with Crippen LogP contribution in [0.2, 0.25) is 0 Å². The first-order chi connectivity index (χ1) is 6.22. The van der Waals surface area contributed by atoms with Crippen LogP contribution in [0.5, 0.6) is 0 Å². The second-order valence-electron chi connectivity index (χ2n) is 4.53. The fourth-order valence-electron chi connectivity index (χ4n) is 2.30. The summed E-state index contributed by atoms with van der Waals surface area (Å²) in [5.74, 6) is 1.56. The van der Waals surface area contributed by atoms with Gasteiger partial charge in [-0.3, -0.25) is 0 Å². The van der Waals surface area contributed by atoms with E-state index in [1.807, 2.05) is 0 Å². The molecule has 2 atom stereocenters. The van der Waals surface area contributed by atoms with Gasteiger partial charge in [0.15, 0.2) is 0 Å². The van der Waals surface area contributed by atoms with Crippen molar-refractivity contribution in [3.05, 3.63) is 0 Å². The summed E-state index contributed by atoms with van der Waals surface area (Å²) in [6, 6.07) is 0. The summed E-state index contributed by atoms with van der Waals surface area (Å²) in [5, 5.41) is 0. The molecule has 1 saturated heterocycles. The molecule has 0 saturated carbocycles. The van der Waals surface area contributed by atoms with Crippen LogP contribution in [0.25, 0.3) is 0 Å². The second kappa shape index (κ2) is 5.21. The van der Waals surface area contributed by atoms with Gasteiger partial charge in [-0.15, -0.1) is 11.6 Å². The Bertz CT molecular complexity index is 141. The molecule has 0 aromatic rings. The first kappa shape index (κ1) is 11.3. The normalized spacial score (nSPS) is 30.7. The average Bonchev–Trinajstić information content (AvgIpc) is 2.54. The van der Waals surface area contributed by atoms with Gasteiger partial charge in [-0.25, -0.2) is 0 Å². The van der Waals surface area contributed by atoms with E-state index in [1.165, 1.54) is 19.3 Å². The molecule has 0 bridgehead atoms. The van der Waals surface area contributed by atoms with Gasteiger partial charge in [-0.1, -0.05) is 26.7 Å². The van der Waals surface area contributed by atoms with Crippen molar-refractivity contribution in [3.63, 3.8) is 0 Å². The predicted octanol–water partition coefficient (Wildman–Crippen LogP) is 3.46. The Labute approximate surface area is 86.8 Å². The number of ether oxygens (including phenoxy) is 1. The summed E-state index contributed by atoms with van der Waals surface area (Å²) in [4.78, 5) is 0. The lowest BCUT2D eigenvalue weighted by molar-refractivity contribution is 0.146.